The number of hydrogen-bond donors (Lipinski definition) is 0. The molecule has 3 nitrogen and oxygen atoms in total. The Morgan fingerprint density at radius 2 is 2.00 bits per heavy atom. The molecule has 3 heteroatoms. The van der Waals surface area contributed by atoms with Crippen LogP contribution in [0.1, 0.15) is 34.1 Å². The van der Waals surface area contributed by atoms with Crippen LogP contribution < -0.4 is 0 Å². The van der Waals surface area contributed by atoms with Crippen LogP contribution >= 0.6 is 0 Å². The van der Waals surface area contributed by atoms with Gasteiger partial charge in [0.15, 0.2) is 0 Å². The minimum atomic E-state index is -0.620. The highest BCUT2D eigenvalue weighted by Gasteiger charge is 2.29. The van der Waals surface area contributed by atoms with E-state index in [0.29, 0.717) is 12.5 Å². The Morgan fingerprint density at radius 1 is 1.43 bits per heavy atom. The summed E-state index contributed by atoms with van der Waals surface area (Å²) in [6, 6.07) is 2.03. The van der Waals surface area contributed by atoms with Crippen molar-refractivity contribution in [3.63, 3.8) is 0 Å². The van der Waals surface area contributed by atoms with Gasteiger partial charge in [0, 0.05) is 0 Å². The van der Waals surface area contributed by atoms with Gasteiger partial charge in [-0.2, -0.15) is 5.26 Å². The fourth-order valence-electron chi connectivity index (χ4n) is 1.32. The monoisotopic (exact) mass is 197 g/mol. The lowest BCUT2D eigenvalue weighted by Gasteiger charge is -2.21. The van der Waals surface area contributed by atoms with Crippen LogP contribution in [0.3, 0.4) is 0 Å². The molecule has 0 aromatic heterocycles. The zero-order valence-corrected chi connectivity index (χ0v) is 9.41. The second-order valence-corrected chi connectivity index (χ2v) is 3.60. The average Bonchev–Trinajstić information content (AvgIpc) is 2.18. The van der Waals surface area contributed by atoms with Gasteiger partial charge in [-0.05, 0) is 18.8 Å². The van der Waals surface area contributed by atoms with Crippen molar-refractivity contribution in [2.24, 2.45) is 17.8 Å². The van der Waals surface area contributed by atoms with E-state index in [-0.39, 0.29) is 11.9 Å². The second kappa shape index (κ2) is 6.42. The van der Waals surface area contributed by atoms with E-state index < -0.39 is 5.92 Å². The van der Waals surface area contributed by atoms with Crippen LogP contribution in [-0.2, 0) is 9.53 Å². The maximum atomic E-state index is 11.4. The molecule has 0 saturated heterocycles. The number of nitriles is 1. The number of carbonyl (C=O) groups excluding carboxylic acids is 1. The highest BCUT2D eigenvalue weighted by Crippen LogP contribution is 2.23. The first-order valence-electron chi connectivity index (χ1n) is 5.14. The van der Waals surface area contributed by atoms with Crippen molar-refractivity contribution in [2.75, 3.05) is 6.61 Å². The minimum absolute atomic E-state index is 0.0593. The molecule has 0 spiro atoms. The average molecular weight is 197 g/mol. The summed E-state index contributed by atoms with van der Waals surface area (Å²) in [6.45, 7) is 8.12. The van der Waals surface area contributed by atoms with E-state index in [0.717, 1.165) is 6.42 Å². The third-order valence-electron chi connectivity index (χ3n) is 2.75. The molecule has 3 atom stereocenters. The molecular weight excluding hydrogens is 178 g/mol. The SMILES string of the molecule is CCOC(=O)C(C#N)C(C)C(C)CC. The molecule has 0 aromatic carbocycles. The third-order valence-corrected chi connectivity index (χ3v) is 2.75. The van der Waals surface area contributed by atoms with Crippen molar-refractivity contribution in [3.8, 4) is 6.07 Å². The molecule has 0 aromatic rings. The molecule has 0 radical (unpaired) electrons. The molecule has 0 aliphatic heterocycles. The Kier molecular flexibility index (Phi) is 5.94. The quantitative estimate of drug-likeness (QED) is 0.636. The van der Waals surface area contributed by atoms with E-state index >= 15 is 0 Å². The van der Waals surface area contributed by atoms with Crippen LogP contribution in [0.5, 0.6) is 0 Å². The molecule has 0 fully saturated rings. The summed E-state index contributed by atoms with van der Waals surface area (Å²) < 4.78 is 4.85. The van der Waals surface area contributed by atoms with Crippen LogP contribution in [0.25, 0.3) is 0 Å². The second-order valence-electron chi connectivity index (χ2n) is 3.60. The van der Waals surface area contributed by atoms with E-state index in [1.54, 1.807) is 6.92 Å². The molecule has 80 valence electrons. The number of ether oxygens (including phenoxy) is 1. The zero-order valence-electron chi connectivity index (χ0n) is 9.41. The summed E-state index contributed by atoms with van der Waals surface area (Å²) in [5.74, 6) is -0.583. The molecule has 0 amide bonds. The topological polar surface area (TPSA) is 50.1 Å². The Labute approximate surface area is 86.1 Å². The molecule has 0 rings (SSSR count). The number of hydrogen-bond acceptors (Lipinski definition) is 3. The van der Waals surface area contributed by atoms with Crippen LogP contribution in [0.4, 0.5) is 0 Å². The molecule has 0 bridgehead atoms. The van der Waals surface area contributed by atoms with E-state index in [1.807, 2.05) is 19.9 Å². The highest BCUT2D eigenvalue weighted by atomic mass is 16.5. The van der Waals surface area contributed by atoms with Crippen molar-refractivity contribution in [2.45, 2.75) is 34.1 Å². The molecule has 0 aliphatic carbocycles. The van der Waals surface area contributed by atoms with Gasteiger partial charge in [-0.15, -0.1) is 0 Å². The molecule has 3 unspecified atom stereocenters. The lowest BCUT2D eigenvalue weighted by Crippen LogP contribution is -2.26. The van der Waals surface area contributed by atoms with Gasteiger partial charge in [0.2, 0.25) is 0 Å². The van der Waals surface area contributed by atoms with Gasteiger partial charge in [-0.25, -0.2) is 0 Å². The summed E-state index contributed by atoms with van der Waals surface area (Å²) in [5, 5.41) is 8.89. The van der Waals surface area contributed by atoms with E-state index in [2.05, 4.69) is 6.92 Å². The van der Waals surface area contributed by atoms with Crippen molar-refractivity contribution in [1.82, 2.24) is 0 Å². The fraction of sp³-hybridized carbons (Fsp3) is 0.818. The largest absolute Gasteiger partial charge is 0.465 e. The van der Waals surface area contributed by atoms with Crippen LogP contribution in [0.2, 0.25) is 0 Å². The fourth-order valence-corrected chi connectivity index (χ4v) is 1.32. The van der Waals surface area contributed by atoms with Crippen molar-refractivity contribution < 1.29 is 9.53 Å². The number of carbonyl (C=O) groups is 1. The van der Waals surface area contributed by atoms with Gasteiger partial charge in [-0.3, -0.25) is 4.79 Å². The van der Waals surface area contributed by atoms with Gasteiger partial charge in [0.25, 0.3) is 0 Å². The van der Waals surface area contributed by atoms with Crippen LogP contribution in [-0.4, -0.2) is 12.6 Å². The maximum absolute atomic E-state index is 11.4. The minimum Gasteiger partial charge on any atom is -0.465 e. The first kappa shape index (κ1) is 13.0. The predicted molar refractivity (Wildman–Crippen MR) is 54.4 cm³/mol. The molecule has 0 N–H and O–H groups in total. The van der Waals surface area contributed by atoms with E-state index in [4.69, 9.17) is 10.00 Å². The lowest BCUT2D eigenvalue weighted by atomic mass is 9.83. The Hall–Kier alpha value is -1.04. The van der Waals surface area contributed by atoms with Crippen molar-refractivity contribution >= 4 is 5.97 Å². The molecule has 0 heterocycles. The number of esters is 1. The summed E-state index contributed by atoms with van der Waals surface area (Å²) in [6.07, 6.45) is 0.971. The van der Waals surface area contributed by atoms with Gasteiger partial charge < -0.3 is 4.74 Å². The van der Waals surface area contributed by atoms with E-state index in [1.165, 1.54) is 0 Å². The van der Waals surface area contributed by atoms with Crippen LogP contribution in [0, 0.1) is 29.1 Å². The van der Waals surface area contributed by atoms with E-state index in [9.17, 15) is 4.79 Å². The lowest BCUT2D eigenvalue weighted by molar-refractivity contribution is -0.148. The van der Waals surface area contributed by atoms with Crippen molar-refractivity contribution in [1.29, 1.82) is 5.26 Å². The zero-order chi connectivity index (χ0) is 11.1. The molecule has 14 heavy (non-hydrogen) atoms. The molecular formula is C11H19NO2. The maximum Gasteiger partial charge on any atom is 0.323 e. The predicted octanol–water partition coefficient (Wildman–Crippen LogP) is 2.37. The summed E-state index contributed by atoms with van der Waals surface area (Å²) in [7, 11) is 0. The van der Waals surface area contributed by atoms with Gasteiger partial charge >= 0.3 is 5.97 Å². The normalized spacial score (nSPS) is 16.5. The summed E-state index contributed by atoms with van der Waals surface area (Å²) in [5.41, 5.74) is 0. The summed E-state index contributed by atoms with van der Waals surface area (Å²) in [4.78, 5) is 11.4. The Morgan fingerprint density at radius 3 is 2.36 bits per heavy atom. The number of nitrogens with zero attached hydrogens (tertiary/aromatic N) is 1. The Bertz CT molecular complexity index is 220. The van der Waals surface area contributed by atoms with Crippen molar-refractivity contribution in [3.05, 3.63) is 0 Å². The van der Waals surface area contributed by atoms with Gasteiger partial charge in [0.1, 0.15) is 5.92 Å². The third kappa shape index (κ3) is 3.37. The first-order chi connectivity index (χ1) is 6.58. The Balaban J connectivity index is 4.41. The molecule has 0 aliphatic rings. The van der Waals surface area contributed by atoms with Crippen LogP contribution in [0.15, 0.2) is 0 Å². The highest BCUT2D eigenvalue weighted by molar-refractivity contribution is 5.75. The number of rotatable bonds is 5. The summed E-state index contributed by atoms with van der Waals surface area (Å²) >= 11 is 0. The van der Waals surface area contributed by atoms with Gasteiger partial charge in [0.05, 0.1) is 12.7 Å². The first-order valence-corrected chi connectivity index (χ1v) is 5.14. The molecule has 0 saturated carbocycles. The van der Waals surface area contributed by atoms with Gasteiger partial charge in [-0.1, -0.05) is 27.2 Å². The smallest absolute Gasteiger partial charge is 0.323 e. The standard InChI is InChI=1S/C11H19NO2/c1-5-8(3)9(4)10(7-12)11(13)14-6-2/h8-10H,5-6H2,1-4H3.